The summed E-state index contributed by atoms with van der Waals surface area (Å²) in [6.07, 6.45) is 0. The molecule has 9 heteroatoms. The highest BCUT2D eigenvalue weighted by molar-refractivity contribution is 7.89. The minimum Gasteiger partial charge on any atom is -0.319 e. The lowest BCUT2D eigenvalue weighted by Gasteiger charge is -2.20. The van der Waals surface area contributed by atoms with Crippen molar-refractivity contribution in [3.8, 4) is 0 Å². The summed E-state index contributed by atoms with van der Waals surface area (Å²) in [6, 6.07) is 5.72. The minimum absolute atomic E-state index is 0.0174. The van der Waals surface area contributed by atoms with Crippen LogP contribution in [0.25, 0.3) is 0 Å². The molecule has 2 N–H and O–H groups in total. The number of carbonyl (C=O) groups excluding carboxylic acids is 1. The summed E-state index contributed by atoms with van der Waals surface area (Å²) < 4.78 is 66.5. The first-order valence-electron chi connectivity index (χ1n) is 7.49. The van der Waals surface area contributed by atoms with E-state index in [0.29, 0.717) is 12.1 Å². The summed E-state index contributed by atoms with van der Waals surface area (Å²) in [5.74, 6) is -4.62. The number of anilines is 1. The van der Waals surface area contributed by atoms with Crippen LogP contribution in [0.15, 0.2) is 41.3 Å². The predicted octanol–water partition coefficient (Wildman–Crippen LogP) is 3.43. The van der Waals surface area contributed by atoms with E-state index in [0.717, 1.165) is 0 Å². The second-order valence-corrected chi connectivity index (χ2v) is 8.26. The molecule has 2 aromatic rings. The number of sulfonamides is 1. The zero-order valence-electron chi connectivity index (χ0n) is 14.2. The molecule has 0 bridgehead atoms. The van der Waals surface area contributed by atoms with Gasteiger partial charge in [-0.1, -0.05) is 0 Å². The van der Waals surface area contributed by atoms with Crippen LogP contribution >= 0.6 is 0 Å². The average Bonchev–Trinajstić information content (AvgIpc) is 2.50. The molecule has 1 amide bonds. The normalized spacial score (nSPS) is 12.1. The van der Waals surface area contributed by atoms with Crippen molar-refractivity contribution >= 4 is 21.6 Å². The van der Waals surface area contributed by atoms with E-state index in [2.05, 4.69) is 10.0 Å². The molecule has 0 atom stereocenters. The maximum atomic E-state index is 13.6. The van der Waals surface area contributed by atoms with E-state index in [9.17, 15) is 26.4 Å². The smallest absolute Gasteiger partial charge is 0.255 e. The second-order valence-electron chi connectivity index (χ2n) is 6.58. The van der Waals surface area contributed by atoms with Gasteiger partial charge in [-0.3, -0.25) is 4.79 Å². The number of carbonyl (C=O) groups is 1. The summed E-state index contributed by atoms with van der Waals surface area (Å²) in [5, 5.41) is 2.11. The minimum atomic E-state index is -3.77. The lowest BCUT2D eigenvalue weighted by Crippen LogP contribution is -2.40. The van der Waals surface area contributed by atoms with Crippen LogP contribution in [0.3, 0.4) is 0 Å². The van der Waals surface area contributed by atoms with E-state index in [-0.39, 0.29) is 10.5 Å². The Balaban J connectivity index is 2.21. The number of amides is 1. The van der Waals surface area contributed by atoms with Crippen molar-refractivity contribution in [1.82, 2.24) is 4.72 Å². The first-order chi connectivity index (χ1) is 11.9. The van der Waals surface area contributed by atoms with Crippen LogP contribution in [-0.4, -0.2) is 19.9 Å². The van der Waals surface area contributed by atoms with E-state index in [1.807, 2.05) is 0 Å². The molecule has 2 aromatic carbocycles. The van der Waals surface area contributed by atoms with Gasteiger partial charge in [-0.15, -0.1) is 0 Å². The molecule has 26 heavy (non-hydrogen) atoms. The quantitative estimate of drug-likeness (QED) is 0.791. The highest BCUT2D eigenvalue weighted by Crippen LogP contribution is 2.20. The molecule has 0 heterocycles. The fraction of sp³-hybridized carbons (Fsp3) is 0.235. The van der Waals surface area contributed by atoms with Gasteiger partial charge < -0.3 is 5.32 Å². The maximum Gasteiger partial charge on any atom is 0.255 e. The van der Waals surface area contributed by atoms with E-state index in [1.165, 1.54) is 24.3 Å². The van der Waals surface area contributed by atoms with E-state index in [4.69, 9.17) is 0 Å². The second kappa shape index (κ2) is 7.08. The van der Waals surface area contributed by atoms with Crippen LogP contribution in [0.4, 0.5) is 18.9 Å². The topological polar surface area (TPSA) is 75.3 Å². The Kier molecular flexibility index (Phi) is 5.43. The molecule has 0 spiro atoms. The van der Waals surface area contributed by atoms with Gasteiger partial charge in [-0.05, 0) is 45.0 Å². The highest BCUT2D eigenvalue weighted by atomic mass is 32.2. The number of hydrogen-bond acceptors (Lipinski definition) is 3. The highest BCUT2D eigenvalue weighted by Gasteiger charge is 2.22. The molecule has 0 fully saturated rings. The fourth-order valence-corrected chi connectivity index (χ4v) is 3.48. The van der Waals surface area contributed by atoms with Crippen LogP contribution in [0, 0.1) is 17.5 Å². The Morgan fingerprint density at radius 2 is 1.46 bits per heavy atom. The van der Waals surface area contributed by atoms with Crippen molar-refractivity contribution < 1.29 is 26.4 Å². The van der Waals surface area contributed by atoms with E-state index < -0.39 is 44.6 Å². The molecule has 0 radical (unpaired) electrons. The third-order valence-corrected chi connectivity index (χ3v) is 4.90. The molecule has 0 aromatic heterocycles. The third kappa shape index (κ3) is 4.83. The van der Waals surface area contributed by atoms with Gasteiger partial charge in [0.05, 0.1) is 10.6 Å². The van der Waals surface area contributed by atoms with E-state index in [1.54, 1.807) is 20.8 Å². The Morgan fingerprint density at radius 1 is 0.923 bits per heavy atom. The molecule has 0 aliphatic rings. The zero-order valence-corrected chi connectivity index (χ0v) is 15.0. The van der Waals surface area contributed by atoms with Gasteiger partial charge in [-0.25, -0.2) is 26.3 Å². The molecule has 0 saturated heterocycles. The monoisotopic (exact) mass is 386 g/mol. The van der Waals surface area contributed by atoms with Crippen molar-refractivity contribution in [1.29, 1.82) is 0 Å². The van der Waals surface area contributed by atoms with Gasteiger partial charge in [0.25, 0.3) is 5.91 Å². The van der Waals surface area contributed by atoms with Crippen LogP contribution in [0.5, 0.6) is 0 Å². The Bertz CT molecular complexity index is 937. The summed E-state index contributed by atoms with van der Waals surface area (Å²) >= 11 is 0. The molecule has 0 saturated carbocycles. The number of nitrogens with one attached hydrogen (secondary N) is 2. The van der Waals surface area contributed by atoms with Crippen molar-refractivity contribution in [2.45, 2.75) is 31.2 Å². The summed E-state index contributed by atoms with van der Waals surface area (Å²) in [4.78, 5) is 12.0. The number of rotatable bonds is 4. The molecular formula is C17H17F3N2O3S. The fourth-order valence-electron chi connectivity index (χ4n) is 2.06. The molecule has 2 rings (SSSR count). The van der Waals surface area contributed by atoms with E-state index >= 15 is 0 Å². The van der Waals surface area contributed by atoms with Crippen LogP contribution < -0.4 is 10.0 Å². The van der Waals surface area contributed by atoms with Crippen molar-refractivity contribution in [3.63, 3.8) is 0 Å². The van der Waals surface area contributed by atoms with Crippen molar-refractivity contribution in [3.05, 3.63) is 59.4 Å². The van der Waals surface area contributed by atoms with Crippen LogP contribution in [0.2, 0.25) is 0 Å². The molecule has 0 aliphatic carbocycles. The molecule has 5 nitrogen and oxygen atoms in total. The van der Waals surface area contributed by atoms with Crippen LogP contribution in [-0.2, 0) is 10.0 Å². The third-order valence-electron chi connectivity index (χ3n) is 3.13. The molecular weight excluding hydrogens is 369 g/mol. The maximum absolute atomic E-state index is 13.6. The van der Waals surface area contributed by atoms with Crippen molar-refractivity contribution in [2.75, 3.05) is 5.32 Å². The molecule has 0 unspecified atom stereocenters. The number of benzene rings is 2. The first-order valence-corrected chi connectivity index (χ1v) is 8.97. The number of halogens is 3. The summed E-state index contributed by atoms with van der Waals surface area (Å²) in [7, 11) is -3.77. The first kappa shape index (κ1) is 19.9. The van der Waals surface area contributed by atoms with Gasteiger partial charge in [0.15, 0.2) is 11.6 Å². The largest absolute Gasteiger partial charge is 0.319 e. The van der Waals surface area contributed by atoms with Gasteiger partial charge in [-0.2, -0.15) is 0 Å². The lowest BCUT2D eigenvalue weighted by molar-refractivity contribution is 0.102. The summed E-state index contributed by atoms with van der Waals surface area (Å²) in [6.45, 7) is 5.05. The lowest BCUT2D eigenvalue weighted by atomic mass is 10.1. The number of hydrogen-bond donors (Lipinski definition) is 2. The Morgan fingerprint density at radius 3 is 2.00 bits per heavy atom. The SMILES string of the molecule is CC(C)(C)NS(=O)(=O)c1ccc(C(=O)Nc2cc(F)c(F)cc2F)cc1. The molecule has 140 valence electrons. The Hall–Kier alpha value is -2.39. The Labute approximate surface area is 149 Å². The van der Waals surface area contributed by atoms with Crippen molar-refractivity contribution in [2.24, 2.45) is 0 Å². The standard InChI is InChI=1S/C17H17F3N2O3S/c1-17(2,3)22-26(24,25)11-6-4-10(5-7-11)16(23)21-15-9-13(19)12(18)8-14(15)20/h4-9,22H,1-3H3,(H,21,23). The summed E-state index contributed by atoms with van der Waals surface area (Å²) in [5.41, 5.74) is -1.19. The zero-order chi connectivity index (χ0) is 19.7. The van der Waals surface area contributed by atoms with Gasteiger partial charge in [0.1, 0.15) is 5.82 Å². The molecule has 0 aliphatic heterocycles. The predicted molar refractivity (Wildman–Crippen MR) is 90.8 cm³/mol. The van der Waals surface area contributed by atoms with Crippen LogP contribution in [0.1, 0.15) is 31.1 Å². The van der Waals surface area contributed by atoms with Gasteiger partial charge in [0, 0.05) is 23.2 Å². The van der Waals surface area contributed by atoms with Gasteiger partial charge >= 0.3 is 0 Å². The average molecular weight is 386 g/mol. The van der Waals surface area contributed by atoms with Gasteiger partial charge in [0.2, 0.25) is 10.0 Å².